The Kier molecular flexibility index (Phi) is 2.25. The summed E-state index contributed by atoms with van der Waals surface area (Å²) >= 11 is 0. The number of rotatable bonds is 1. The molecule has 0 aromatic carbocycles. The summed E-state index contributed by atoms with van der Waals surface area (Å²) in [6.07, 6.45) is 3.33. The van der Waals surface area contributed by atoms with Crippen LogP contribution in [0.3, 0.4) is 0 Å². The summed E-state index contributed by atoms with van der Waals surface area (Å²) in [5, 5.41) is 2.53. The van der Waals surface area contributed by atoms with Gasteiger partial charge in [0.25, 0.3) is 0 Å². The molecule has 0 radical (unpaired) electrons. The monoisotopic (exact) mass is 211 g/mol. The van der Waals surface area contributed by atoms with Gasteiger partial charge in [-0.3, -0.25) is 0 Å². The fourth-order valence-electron chi connectivity index (χ4n) is 3.50. The van der Waals surface area contributed by atoms with Crippen molar-refractivity contribution in [3.05, 3.63) is 0 Å². The van der Waals surface area contributed by atoms with Gasteiger partial charge in [-0.2, -0.15) is 0 Å². The fourth-order valence-corrected chi connectivity index (χ4v) is 3.50. The van der Waals surface area contributed by atoms with E-state index in [9.17, 15) is 4.79 Å². The maximum absolute atomic E-state index is 11.3. The quantitative estimate of drug-likeness (QED) is 0.724. The van der Waals surface area contributed by atoms with E-state index in [1.165, 1.54) is 12.8 Å². The number of amides is 1. The molecule has 2 bridgehead atoms. The van der Waals surface area contributed by atoms with E-state index in [4.69, 9.17) is 4.74 Å². The Morgan fingerprint density at radius 3 is 2.47 bits per heavy atom. The van der Waals surface area contributed by atoms with Gasteiger partial charge in [0.2, 0.25) is 0 Å². The number of carbonyl (C=O) groups is 1. The van der Waals surface area contributed by atoms with Crippen LogP contribution in [0, 0.1) is 16.7 Å². The van der Waals surface area contributed by atoms with Gasteiger partial charge >= 0.3 is 6.09 Å². The van der Waals surface area contributed by atoms with Crippen molar-refractivity contribution in [1.29, 1.82) is 0 Å². The molecule has 86 valence electrons. The van der Waals surface area contributed by atoms with Crippen molar-refractivity contribution < 1.29 is 9.53 Å². The van der Waals surface area contributed by atoms with E-state index in [1.54, 1.807) is 7.05 Å². The Bertz CT molecular complexity index is 287. The summed E-state index contributed by atoms with van der Waals surface area (Å²) in [5.74, 6) is 0.720. The number of alkyl carbamates (subject to hydrolysis) is 1. The van der Waals surface area contributed by atoms with Gasteiger partial charge in [0, 0.05) is 12.5 Å². The molecule has 0 aromatic rings. The Morgan fingerprint density at radius 1 is 1.40 bits per heavy atom. The first kappa shape index (κ1) is 10.8. The number of carbonyl (C=O) groups excluding carboxylic acids is 1. The van der Waals surface area contributed by atoms with Crippen molar-refractivity contribution in [1.82, 2.24) is 5.32 Å². The fraction of sp³-hybridized carbons (Fsp3) is 0.917. The van der Waals surface area contributed by atoms with E-state index in [-0.39, 0.29) is 17.6 Å². The third-order valence-corrected chi connectivity index (χ3v) is 5.17. The van der Waals surface area contributed by atoms with Crippen LogP contribution in [0.1, 0.15) is 40.0 Å². The number of ether oxygens (including phenoxy) is 1. The van der Waals surface area contributed by atoms with E-state index in [0.717, 1.165) is 12.3 Å². The lowest BCUT2D eigenvalue weighted by atomic mass is 9.70. The minimum Gasteiger partial charge on any atom is -0.446 e. The molecular weight excluding hydrogens is 190 g/mol. The van der Waals surface area contributed by atoms with E-state index < -0.39 is 0 Å². The molecule has 3 heteroatoms. The van der Waals surface area contributed by atoms with Gasteiger partial charge in [0.15, 0.2) is 0 Å². The maximum Gasteiger partial charge on any atom is 0.407 e. The molecule has 0 saturated heterocycles. The molecule has 3 nitrogen and oxygen atoms in total. The molecule has 2 fully saturated rings. The van der Waals surface area contributed by atoms with Crippen LogP contribution in [0.5, 0.6) is 0 Å². The van der Waals surface area contributed by atoms with Gasteiger partial charge in [0.05, 0.1) is 0 Å². The molecule has 0 spiro atoms. The molecule has 1 N–H and O–H groups in total. The highest BCUT2D eigenvalue weighted by Crippen LogP contribution is 2.66. The topological polar surface area (TPSA) is 38.3 Å². The van der Waals surface area contributed by atoms with Crippen molar-refractivity contribution in [2.45, 2.75) is 46.1 Å². The molecule has 2 aliphatic rings. The van der Waals surface area contributed by atoms with Crippen LogP contribution in [0.25, 0.3) is 0 Å². The summed E-state index contributed by atoms with van der Waals surface area (Å²) in [5.41, 5.74) is 0.482. The summed E-state index contributed by atoms with van der Waals surface area (Å²) in [4.78, 5) is 11.3. The zero-order valence-corrected chi connectivity index (χ0v) is 10.1. The second-order valence-electron chi connectivity index (χ2n) is 5.75. The van der Waals surface area contributed by atoms with Crippen molar-refractivity contribution in [2.24, 2.45) is 16.7 Å². The molecule has 15 heavy (non-hydrogen) atoms. The second kappa shape index (κ2) is 3.13. The van der Waals surface area contributed by atoms with Gasteiger partial charge < -0.3 is 10.1 Å². The van der Waals surface area contributed by atoms with Gasteiger partial charge in [-0.1, -0.05) is 20.8 Å². The Hall–Kier alpha value is -0.730. The average Bonchev–Trinajstić information content (AvgIpc) is 2.50. The van der Waals surface area contributed by atoms with E-state index in [0.29, 0.717) is 5.41 Å². The van der Waals surface area contributed by atoms with Crippen LogP contribution in [0.4, 0.5) is 4.79 Å². The third kappa shape index (κ3) is 1.28. The summed E-state index contributed by atoms with van der Waals surface area (Å²) in [7, 11) is 1.61. The van der Waals surface area contributed by atoms with Crippen molar-refractivity contribution >= 4 is 6.09 Å². The Morgan fingerprint density at radius 2 is 2.07 bits per heavy atom. The molecule has 2 rings (SSSR count). The number of hydrogen-bond acceptors (Lipinski definition) is 2. The van der Waals surface area contributed by atoms with Crippen LogP contribution >= 0.6 is 0 Å². The van der Waals surface area contributed by atoms with Crippen molar-refractivity contribution in [3.63, 3.8) is 0 Å². The summed E-state index contributed by atoms with van der Waals surface area (Å²) < 4.78 is 5.48. The molecule has 2 aliphatic carbocycles. The van der Waals surface area contributed by atoms with Crippen LogP contribution in [0.15, 0.2) is 0 Å². The SMILES string of the molecule is CNC(=O)OC1CC2CCC1(C)C2(C)C. The predicted octanol–water partition coefficient (Wildman–Crippen LogP) is 2.56. The van der Waals surface area contributed by atoms with E-state index in [2.05, 4.69) is 26.1 Å². The lowest BCUT2D eigenvalue weighted by molar-refractivity contribution is -0.00345. The molecule has 0 aliphatic heterocycles. The first-order chi connectivity index (χ1) is 6.91. The van der Waals surface area contributed by atoms with Crippen molar-refractivity contribution in [2.75, 3.05) is 7.05 Å². The lowest BCUT2D eigenvalue weighted by Crippen LogP contribution is -2.39. The average molecular weight is 211 g/mol. The highest BCUT2D eigenvalue weighted by molar-refractivity contribution is 5.67. The summed E-state index contributed by atoms with van der Waals surface area (Å²) in [6, 6.07) is 0. The first-order valence-corrected chi connectivity index (χ1v) is 5.80. The van der Waals surface area contributed by atoms with Crippen LogP contribution in [-0.4, -0.2) is 19.2 Å². The smallest absolute Gasteiger partial charge is 0.407 e. The van der Waals surface area contributed by atoms with Gasteiger partial charge in [-0.15, -0.1) is 0 Å². The standard InChI is InChI=1S/C12H21NO2/c1-11(2)8-5-6-12(11,3)9(7-8)15-10(14)13-4/h8-9H,5-7H2,1-4H3,(H,13,14). The second-order valence-corrected chi connectivity index (χ2v) is 5.75. The number of hydrogen-bond donors (Lipinski definition) is 1. The third-order valence-electron chi connectivity index (χ3n) is 5.17. The minimum absolute atomic E-state index is 0.103. The normalized spacial score (nSPS) is 41.6. The van der Waals surface area contributed by atoms with Gasteiger partial charge in [0.1, 0.15) is 6.10 Å². The largest absolute Gasteiger partial charge is 0.446 e. The highest BCUT2D eigenvalue weighted by Gasteiger charge is 2.62. The number of nitrogens with one attached hydrogen (secondary N) is 1. The van der Waals surface area contributed by atoms with Crippen LogP contribution in [-0.2, 0) is 4.74 Å². The molecule has 0 heterocycles. The van der Waals surface area contributed by atoms with Gasteiger partial charge in [-0.05, 0) is 30.6 Å². The predicted molar refractivity (Wildman–Crippen MR) is 58.6 cm³/mol. The van der Waals surface area contributed by atoms with Crippen LogP contribution < -0.4 is 5.32 Å². The Labute approximate surface area is 91.6 Å². The van der Waals surface area contributed by atoms with Crippen LogP contribution in [0.2, 0.25) is 0 Å². The lowest BCUT2D eigenvalue weighted by Gasteiger charge is -2.38. The molecular formula is C12H21NO2. The zero-order valence-electron chi connectivity index (χ0n) is 10.1. The zero-order chi connectivity index (χ0) is 11.3. The molecule has 3 unspecified atom stereocenters. The van der Waals surface area contributed by atoms with E-state index in [1.807, 2.05) is 0 Å². The molecule has 2 saturated carbocycles. The number of fused-ring (bicyclic) bond motifs is 2. The highest BCUT2D eigenvalue weighted by atomic mass is 16.6. The maximum atomic E-state index is 11.3. The van der Waals surface area contributed by atoms with Gasteiger partial charge in [-0.25, -0.2) is 4.79 Å². The summed E-state index contributed by atoms with van der Waals surface area (Å²) in [6.45, 7) is 6.91. The molecule has 3 atom stereocenters. The molecule has 0 aromatic heterocycles. The molecule has 1 amide bonds. The van der Waals surface area contributed by atoms with E-state index >= 15 is 0 Å². The first-order valence-electron chi connectivity index (χ1n) is 5.80. The minimum atomic E-state index is -0.287. The van der Waals surface area contributed by atoms with Crippen molar-refractivity contribution in [3.8, 4) is 0 Å². The Balaban J connectivity index is 2.15.